The molecule has 0 saturated carbocycles. The van der Waals surface area contributed by atoms with E-state index in [-0.39, 0.29) is 48.3 Å². The molecule has 2 aliphatic heterocycles. The smallest absolute Gasteiger partial charge is 0.259 e. The predicted molar refractivity (Wildman–Crippen MR) is 122 cm³/mol. The molecule has 0 spiro atoms. The minimum Gasteiger partial charge on any atom is -0.456 e. The minimum atomic E-state index is -3.99. The lowest BCUT2D eigenvalue weighted by molar-refractivity contribution is 0.0729. The summed E-state index contributed by atoms with van der Waals surface area (Å²) in [4.78, 5) is 12.8. The van der Waals surface area contributed by atoms with Gasteiger partial charge in [0.05, 0.1) is 24.5 Å². The first-order valence-electron chi connectivity index (χ1n) is 10.2. The van der Waals surface area contributed by atoms with Gasteiger partial charge in [0.15, 0.2) is 11.5 Å². The van der Waals surface area contributed by atoms with E-state index >= 15 is 0 Å². The van der Waals surface area contributed by atoms with Crippen LogP contribution in [0, 0.1) is 0 Å². The summed E-state index contributed by atoms with van der Waals surface area (Å²) in [6.45, 7) is 0.981. The fourth-order valence-corrected chi connectivity index (χ4v) is 5.26. The van der Waals surface area contributed by atoms with Crippen molar-refractivity contribution >= 4 is 33.2 Å². The number of anilines is 1. The highest BCUT2D eigenvalue weighted by atomic mass is 35.5. The number of nitrogens with one attached hydrogen (secondary N) is 1. The molecule has 0 radical (unpaired) electrons. The normalized spacial score (nSPS) is 16.1. The third-order valence-corrected chi connectivity index (χ3v) is 7.45. The number of halogens is 1. The van der Waals surface area contributed by atoms with Gasteiger partial charge < -0.3 is 19.5 Å². The first-order valence-corrected chi connectivity index (χ1v) is 12.0. The zero-order valence-electron chi connectivity index (χ0n) is 17.3. The highest BCUT2D eigenvalue weighted by molar-refractivity contribution is 7.89. The third kappa shape index (κ3) is 4.28. The number of morpholine rings is 1. The molecule has 10 heteroatoms. The number of amides is 1. The number of carbonyl (C=O) groups is 1. The van der Waals surface area contributed by atoms with E-state index in [2.05, 4.69) is 5.32 Å². The van der Waals surface area contributed by atoms with Gasteiger partial charge in [-0.2, -0.15) is 4.31 Å². The molecule has 8 nitrogen and oxygen atoms in total. The number of fused-ring (bicyclic) bond motifs is 2. The predicted octanol–water partition coefficient (Wildman–Crippen LogP) is 4.51. The zero-order chi connectivity index (χ0) is 23.0. The fourth-order valence-electron chi connectivity index (χ4n) is 3.61. The van der Waals surface area contributed by atoms with Crippen molar-refractivity contribution in [3.63, 3.8) is 0 Å². The van der Waals surface area contributed by atoms with E-state index in [1.54, 1.807) is 48.5 Å². The summed E-state index contributed by atoms with van der Waals surface area (Å²) in [6.07, 6.45) is 0. The van der Waals surface area contributed by atoms with Crippen LogP contribution in [0.5, 0.6) is 23.0 Å². The van der Waals surface area contributed by atoms with Crippen LogP contribution in [0.15, 0.2) is 65.6 Å². The number of sulfonamides is 1. The Kier molecular flexibility index (Phi) is 5.71. The Labute approximate surface area is 195 Å². The van der Waals surface area contributed by atoms with Crippen LogP contribution in [-0.2, 0) is 14.8 Å². The molecule has 0 atom stereocenters. The molecule has 3 aromatic carbocycles. The van der Waals surface area contributed by atoms with Crippen molar-refractivity contribution in [1.82, 2.24) is 4.31 Å². The highest BCUT2D eigenvalue weighted by Crippen LogP contribution is 2.42. The molecule has 170 valence electrons. The average molecular weight is 487 g/mol. The maximum Gasteiger partial charge on any atom is 0.259 e. The van der Waals surface area contributed by atoms with Gasteiger partial charge >= 0.3 is 0 Å². The number of hydrogen-bond acceptors (Lipinski definition) is 6. The van der Waals surface area contributed by atoms with Crippen molar-refractivity contribution in [2.24, 2.45) is 0 Å². The first-order chi connectivity index (χ1) is 15.9. The summed E-state index contributed by atoms with van der Waals surface area (Å²) in [5, 5.41) is 3.28. The standard InChI is InChI=1S/C23H19ClN2O6S/c24-15-5-7-16(8-6-15)31-21-14-20-17(23(27)25-18-3-1-2-4-19(18)32-20)13-22(21)33(28,29)26-9-11-30-12-10-26/h1-8,13-14H,9-12H2,(H,25,27). The molecular formula is C23H19ClN2O6S. The topological polar surface area (TPSA) is 94.2 Å². The van der Waals surface area contributed by atoms with E-state index in [1.807, 2.05) is 0 Å². The van der Waals surface area contributed by atoms with Gasteiger partial charge in [0.25, 0.3) is 5.91 Å². The molecule has 0 bridgehead atoms. The molecule has 0 unspecified atom stereocenters. The Bertz CT molecular complexity index is 1320. The van der Waals surface area contributed by atoms with Crippen LogP contribution in [0.4, 0.5) is 5.69 Å². The number of benzene rings is 3. The van der Waals surface area contributed by atoms with Crippen LogP contribution in [0.3, 0.4) is 0 Å². The monoisotopic (exact) mass is 486 g/mol. The maximum atomic E-state index is 13.5. The van der Waals surface area contributed by atoms with Crippen molar-refractivity contribution in [1.29, 1.82) is 0 Å². The van der Waals surface area contributed by atoms with Crippen LogP contribution < -0.4 is 14.8 Å². The van der Waals surface area contributed by atoms with Gasteiger partial charge in [0.1, 0.15) is 16.4 Å². The van der Waals surface area contributed by atoms with Crippen LogP contribution in [0.25, 0.3) is 0 Å². The lowest BCUT2D eigenvalue weighted by Crippen LogP contribution is -2.40. The van der Waals surface area contributed by atoms with Crippen molar-refractivity contribution in [2.45, 2.75) is 4.90 Å². The minimum absolute atomic E-state index is 0.0368. The maximum absolute atomic E-state index is 13.5. The second-order valence-electron chi connectivity index (χ2n) is 7.42. The molecule has 2 heterocycles. The van der Waals surface area contributed by atoms with Crippen LogP contribution in [-0.4, -0.2) is 44.9 Å². The molecule has 5 rings (SSSR count). The third-order valence-electron chi connectivity index (χ3n) is 5.28. The van der Waals surface area contributed by atoms with Crippen molar-refractivity contribution in [3.8, 4) is 23.0 Å². The number of rotatable bonds is 4. The quantitative estimate of drug-likeness (QED) is 0.583. The molecule has 2 aliphatic rings. The largest absolute Gasteiger partial charge is 0.456 e. The van der Waals surface area contributed by atoms with Gasteiger partial charge in [-0.3, -0.25) is 4.79 Å². The summed E-state index contributed by atoms with van der Waals surface area (Å²) < 4.78 is 45.6. The summed E-state index contributed by atoms with van der Waals surface area (Å²) in [7, 11) is -3.99. The van der Waals surface area contributed by atoms with E-state index < -0.39 is 15.9 Å². The zero-order valence-corrected chi connectivity index (χ0v) is 18.9. The Morgan fingerprint density at radius 3 is 2.45 bits per heavy atom. The second kappa shape index (κ2) is 8.68. The van der Waals surface area contributed by atoms with Gasteiger partial charge in [-0.15, -0.1) is 0 Å². The molecule has 1 N–H and O–H groups in total. The molecule has 1 saturated heterocycles. The molecule has 0 aromatic heterocycles. The number of ether oxygens (including phenoxy) is 3. The lowest BCUT2D eigenvalue weighted by atomic mass is 10.1. The summed E-state index contributed by atoms with van der Waals surface area (Å²) in [6, 6.07) is 16.2. The number of para-hydroxylation sites is 2. The molecular weight excluding hydrogens is 468 g/mol. The van der Waals surface area contributed by atoms with Crippen LogP contribution in [0.1, 0.15) is 10.4 Å². The fraction of sp³-hybridized carbons (Fsp3) is 0.174. The molecule has 3 aromatic rings. The molecule has 33 heavy (non-hydrogen) atoms. The highest BCUT2D eigenvalue weighted by Gasteiger charge is 2.33. The Balaban J connectivity index is 1.64. The van der Waals surface area contributed by atoms with Crippen molar-refractivity contribution < 1.29 is 27.4 Å². The first kappa shape index (κ1) is 21.7. The van der Waals surface area contributed by atoms with E-state index in [1.165, 1.54) is 16.4 Å². The van der Waals surface area contributed by atoms with Gasteiger partial charge in [-0.1, -0.05) is 23.7 Å². The van der Waals surface area contributed by atoms with E-state index in [9.17, 15) is 13.2 Å². The lowest BCUT2D eigenvalue weighted by Gasteiger charge is -2.27. The number of hydrogen-bond donors (Lipinski definition) is 1. The summed E-state index contributed by atoms with van der Waals surface area (Å²) in [5.74, 6) is 0.561. The molecule has 1 fully saturated rings. The van der Waals surface area contributed by atoms with Gasteiger partial charge in [-0.25, -0.2) is 8.42 Å². The number of carbonyl (C=O) groups excluding carboxylic acids is 1. The molecule has 0 aliphatic carbocycles. The Morgan fingerprint density at radius 2 is 1.70 bits per heavy atom. The van der Waals surface area contributed by atoms with Gasteiger partial charge in [0.2, 0.25) is 10.0 Å². The van der Waals surface area contributed by atoms with Crippen LogP contribution in [0.2, 0.25) is 5.02 Å². The SMILES string of the molecule is O=C1Nc2ccccc2Oc2cc(Oc3ccc(Cl)cc3)c(S(=O)(=O)N3CCOCC3)cc21. The summed E-state index contributed by atoms with van der Waals surface area (Å²) >= 11 is 5.96. The molecule has 1 amide bonds. The van der Waals surface area contributed by atoms with Crippen molar-refractivity contribution in [3.05, 3.63) is 71.2 Å². The second-order valence-corrected chi connectivity index (χ2v) is 9.76. The number of nitrogens with zero attached hydrogens (tertiary/aromatic N) is 1. The Hall–Kier alpha value is -3.11. The van der Waals surface area contributed by atoms with E-state index in [0.717, 1.165) is 0 Å². The van der Waals surface area contributed by atoms with Gasteiger partial charge in [-0.05, 0) is 42.5 Å². The van der Waals surface area contributed by atoms with Crippen LogP contribution >= 0.6 is 11.6 Å². The average Bonchev–Trinajstić information content (AvgIpc) is 2.96. The summed E-state index contributed by atoms with van der Waals surface area (Å²) in [5.41, 5.74) is 0.568. The van der Waals surface area contributed by atoms with E-state index in [4.69, 9.17) is 25.8 Å². The Morgan fingerprint density at radius 1 is 0.970 bits per heavy atom. The van der Waals surface area contributed by atoms with E-state index in [0.29, 0.717) is 22.2 Å². The van der Waals surface area contributed by atoms with Gasteiger partial charge in [0, 0.05) is 24.2 Å². The van der Waals surface area contributed by atoms with Crippen molar-refractivity contribution in [2.75, 3.05) is 31.6 Å².